The van der Waals surface area contributed by atoms with Crippen LogP contribution in [0.2, 0.25) is 0 Å². The van der Waals surface area contributed by atoms with Gasteiger partial charge in [-0.3, -0.25) is 9.59 Å². The second-order valence-corrected chi connectivity index (χ2v) is 5.66. The van der Waals surface area contributed by atoms with Gasteiger partial charge >= 0.3 is 0 Å². The van der Waals surface area contributed by atoms with Crippen LogP contribution >= 0.6 is 0 Å². The molecule has 0 radical (unpaired) electrons. The van der Waals surface area contributed by atoms with E-state index in [2.05, 4.69) is 24.1 Å². The first kappa shape index (κ1) is 15.5. The molecule has 1 aromatic heterocycles. The zero-order chi connectivity index (χ0) is 15.2. The van der Waals surface area contributed by atoms with Crippen LogP contribution in [0.15, 0.2) is 18.7 Å². The van der Waals surface area contributed by atoms with E-state index in [1.54, 1.807) is 28.2 Å². The van der Waals surface area contributed by atoms with Crippen molar-refractivity contribution in [2.45, 2.75) is 26.5 Å². The average molecular weight is 294 g/mol. The van der Waals surface area contributed by atoms with Crippen LogP contribution in [0.3, 0.4) is 0 Å². The van der Waals surface area contributed by atoms with E-state index in [1.165, 1.54) is 0 Å². The zero-order valence-corrected chi connectivity index (χ0v) is 12.5. The van der Waals surface area contributed by atoms with E-state index in [1.807, 2.05) is 0 Å². The van der Waals surface area contributed by atoms with E-state index in [9.17, 15) is 9.59 Å². The Labute approximate surface area is 124 Å². The Hall–Kier alpha value is -1.89. The maximum absolute atomic E-state index is 11.8. The van der Waals surface area contributed by atoms with Crippen LogP contribution in [0.25, 0.3) is 0 Å². The van der Waals surface area contributed by atoms with Gasteiger partial charge in [0.25, 0.3) is 0 Å². The van der Waals surface area contributed by atoms with Gasteiger partial charge in [-0.2, -0.15) is 0 Å². The summed E-state index contributed by atoms with van der Waals surface area (Å²) in [7, 11) is 0. The van der Waals surface area contributed by atoms with Crippen molar-refractivity contribution >= 4 is 11.8 Å². The van der Waals surface area contributed by atoms with Gasteiger partial charge in [-0.1, -0.05) is 13.8 Å². The van der Waals surface area contributed by atoms with Crippen molar-refractivity contribution in [3.8, 4) is 0 Å². The van der Waals surface area contributed by atoms with E-state index >= 15 is 0 Å². The Balaban J connectivity index is 1.75. The van der Waals surface area contributed by atoms with Gasteiger partial charge in [0.15, 0.2) is 0 Å². The molecule has 2 rings (SSSR count). The second kappa shape index (κ2) is 7.21. The molecule has 1 aliphatic heterocycles. The van der Waals surface area contributed by atoms with Crippen molar-refractivity contribution in [2.75, 3.05) is 26.2 Å². The zero-order valence-electron chi connectivity index (χ0n) is 12.5. The molecule has 2 amide bonds. The molecule has 2 heterocycles. The first-order valence-electron chi connectivity index (χ1n) is 7.16. The number of carbonyl (C=O) groups excluding carboxylic acids is 2. The Morgan fingerprint density at radius 1 is 1.57 bits per heavy atom. The van der Waals surface area contributed by atoms with Gasteiger partial charge in [0, 0.05) is 32.0 Å². The molecule has 1 fully saturated rings. The molecule has 7 nitrogen and oxygen atoms in total. The van der Waals surface area contributed by atoms with Gasteiger partial charge < -0.3 is 19.5 Å². The van der Waals surface area contributed by atoms with Crippen molar-refractivity contribution < 1.29 is 14.3 Å². The molecule has 0 aromatic carbocycles. The van der Waals surface area contributed by atoms with Gasteiger partial charge in [0.2, 0.25) is 11.8 Å². The predicted octanol–water partition coefficient (Wildman–Crippen LogP) is -0.117. The number of nitrogens with one attached hydrogen (secondary N) is 1. The highest BCUT2D eigenvalue weighted by Crippen LogP contribution is 2.08. The van der Waals surface area contributed by atoms with Crippen molar-refractivity contribution in [1.29, 1.82) is 0 Å². The number of morpholine rings is 1. The van der Waals surface area contributed by atoms with Gasteiger partial charge in [-0.15, -0.1) is 0 Å². The summed E-state index contributed by atoms with van der Waals surface area (Å²) in [5.74, 6) is 0.345. The number of hydrogen-bond donors (Lipinski definition) is 1. The number of amides is 2. The van der Waals surface area contributed by atoms with Crippen LogP contribution in [0, 0.1) is 5.92 Å². The molecule has 21 heavy (non-hydrogen) atoms. The van der Waals surface area contributed by atoms with Crippen LogP contribution in [0.1, 0.15) is 13.8 Å². The topological polar surface area (TPSA) is 76.5 Å². The highest BCUT2D eigenvalue weighted by Gasteiger charge is 2.26. The van der Waals surface area contributed by atoms with E-state index < -0.39 is 0 Å². The van der Waals surface area contributed by atoms with Gasteiger partial charge in [0.05, 0.1) is 12.4 Å². The quantitative estimate of drug-likeness (QED) is 0.794. The van der Waals surface area contributed by atoms with Crippen LogP contribution in [-0.4, -0.2) is 58.6 Å². The lowest BCUT2D eigenvalue weighted by Gasteiger charge is -2.33. The number of aromatic nitrogens is 2. The Morgan fingerprint density at radius 2 is 2.38 bits per heavy atom. The number of carbonyl (C=O) groups is 2. The van der Waals surface area contributed by atoms with Crippen molar-refractivity contribution in [3.05, 3.63) is 18.7 Å². The molecular weight excluding hydrogens is 272 g/mol. The fourth-order valence-corrected chi connectivity index (χ4v) is 2.25. The molecule has 0 spiro atoms. The Kier molecular flexibility index (Phi) is 5.32. The summed E-state index contributed by atoms with van der Waals surface area (Å²) in [6.07, 6.45) is 4.82. The van der Waals surface area contributed by atoms with Crippen molar-refractivity contribution in [1.82, 2.24) is 19.8 Å². The molecule has 0 saturated carbocycles. The van der Waals surface area contributed by atoms with E-state index in [4.69, 9.17) is 4.74 Å². The third-order valence-corrected chi connectivity index (χ3v) is 3.22. The van der Waals surface area contributed by atoms with Gasteiger partial charge in [-0.05, 0) is 5.92 Å². The molecule has 1 unspecified atom stereocenters. The summed E-state index contributed by atoms with van der Waals surface area (Å²) in [6.45, 7) is 6.14. The van der Waals surface area contributed by atoms with Crippen molar-refractivity contribution in [3.63, 3.8) is 0 Å². The van der Waals surface area contributed by atoms with Crippen LogP contribution in [-0.2, 0) is 20.9 Å². The monoisotopic (exact) mass is 294 g/mol. The van der Waals surface area contributed by atoms with Crippen LogP contribution < -0.4 is 5.32 Å². The smallest absolute Gasteiger partial charge is 0.248 e. The minimum Gasteiger partial charge on any atom is -0.365 e. The largest absolute Gasteiger partial charge is 0.365 e. The molecule has 1 N–H and O–H groups in total. The second-order valence-electron chi connectivity index (χ2n) is 5.66. The summed E-state index contributed by atoms with van der Waals surface area (Å²) in [4.78, 5) is 29.2. The molecule has 1 saturated heterocycles. The van der Waals surface area contributed by atoms with Gasteiger partial charge in [-0.25, -0.2) is 4.98 Å². The molecule has 1 atom stereocenters. The van der Waals surface area contributed by atoms with E-state index in [0.717, 1.165) is 6.54 Å². The average Bonchev–Trinajstić information content (AvgIpc) is 2.92. The molecule has 116 valence electrons. The highest BCUT2D eigenvalue weighted by molar-refractivity contribution is 5.78. The summed E-state index contributed by atoms with van der Waals surface area (Å²) in [5.41, 5.74) is 0. The normalized spacial score (nSPS) is 19.1. The van der Waals surface area contributed by atoms with E-state index in [0.29, 0.717) is 19.0 Å². The third-order valence-electron chi connectivity index (χ3n) is 3.22. The summed E-state index contributed by atoms with van der Waals surface area (Å²) >= 11 is 0. The standard InChI is InChI=1S/C14H22N4O3/c1-11(2)6-18-7-12(21-9-14(18)20)5-16-13(19)8-17-4-3-15-10-17/h3-4,10-12H,5-9H2,1-2H3,(H,16,19). The molecular formula is C14H22N4O3. The van der Waals surface area contributed by atoms with Gasteiger partial charge in [0.1, 0.15) is 13.2 Å². The van der Waals surface area contributed by atoms with Crippen LogP contribution in [0.5, 0.6) is 0 Å². The Bertz CT molecular complexity index is 473. The van der Waals surface area contributed by atoms with Crippen molar-refractivity contribution in [2.24, 2.45) is 5.92 Å². The lowest BCUT2D eigenvalue weighted by Crippen LogP contribution is -2.51. The third kappa shape index (κ3) is 4.86. The molecule has 0 bridgehead atoms. The first-order chi connectivity index (χ1) is 10.0. The predicted molar refractivity (Wildman–Crippen MR) is 76.4 cm³/mol. The fraction of sp³-hybridized carbons (Fsp3) is 0.643. The summed E-state index contributed by atoms with van der Waals surface area (Å²) in [5, 5.41) is 2.83. The SMILES string of the molecule is CC(C)CN1CC(CNC(=O)Cn2ccnc2)OCC1=O. The summed E-state index contributed by atoms with van der Waals surface area (Å²) in [6, 6.07) is 0. The van der Waals surface area contributed by atoms with Crippen LogP contribution in [0.4, 0.5) is 0 Å². The number of hydrogen-bond acceptors (Lipinski definition) is 4. The maximum atomic E-state index is 11.8. The molecule has 0 aliphatic carbocycles. The molecule has 7 heteroatoms. The molecule has 1 aliphatic rings. The lowest BCUT2D eigenvalue weighted by atomic mass is 10.1. The lowest BCUT2D eigenvalue weighted by molar-refractivity contribution is -0.149. The summed E-state index contributed by atoms with van der Waals surface area (Å²) < 4.78 is 7.16. The maximum Gasteiger partial charge on any atom is 0.248 e. The Morgan fingerprint density at radius 3 is 3.05 bits per heavy atom. The minimum absolute atomic E-state index is 0.0182. The highest BCUT2D eigenvalue weighted by atomic mass is 16.5. The number of imidazole rings is 1. The molecule has 1 aromatic rings. The first-order valence-corrected chi connectivity index (χ1v) is 7.16. The number of ether oxygens (including phenoxy) is 1. The fourth-order valence-electron chi connectivity index (χ4n) is 2.25. The van der Waals surface area contributed by atoms with E-state index in [-0.39, 0.29) is 31.1 Å². The number of rotatable bonds is 6. The number of nitrogens with zero attached hydrogens (tertiary/aromatic N) is 3. The minimum atomic E-state index is -0.145.